The molecule has 22 heavy (non-hydrogen) atoms. The average molecular weight is 304 g/mol. The summed E-state index contributed by atoms with van der Waals surface area (Å²) in [5.74, 6) is -1.58. The molecule has 1 aliphatic heterocycles. The van der Waals surface area contributed by atoms with Gasteiger partial charge in [0.05, 0.1) is 0 Å². The number of likely N-dealkylation sites (tertiary alicyclic amines) is 1. The van der Waals surface area contributed by atoms with Crippen LogP contribution in [0.1, 0.15) is 30.9 Å². The molecule has 2 rings (SSSR count). The number of rotatable bonds is 5. The van der Waals surface area contributed by atoms with Crippen LogP contribution < -0.4 is 5.32 Å². The van der Waals surface area contributed by atoms with E-state index in [9.17, 15) is 14.4 Å². The van der Waals surface area contributed by atoms with E-state index in [0.717, 1.165) is 11.1 Å². The highest BCUT2D eigenvalue weighted by atomic mass is 16.4. The predicted molar refractivity (Wildman–Crippen MR) is 80.0 cm³/mol. The zero-order valence-electron chi connectivity index (χ0n) is 12.7. The number of aliphatic carboxylic acids is 1. The van der Waals surface area contributed by atoms with Gasteiger partial charge in [0, 0.05) is 13.0 Å². The summed E-state index contributed by atoms with van der Waals surface area (Å²) in [6.07, 6.45) is 0.730. The normalized spacial score (nSPS) is 19.1. The van der Waals surface area contributed by atoms with Crippen LogP contribution in [0.3, 0.4) is 0 Å². The van der Waals surface area contributed by atoms with Gasteiger partial charge in [-0.05, 0) is 25.8 Å². The number of nitrogens with zero attached hydrogens (tertiary/aromatic N) is 1. The first kappa shape index (κ1) is 16.0. The first-order valence-corrected chi connectivity index (χ1v) is 7.26. The Morgan fingerprint density at radius 3 is 2.59 bits per heavy atom. The third-order valence-corrected chi connectivity index (χ3v) is 3.83. The molecule has 1 fully saturated rings. The predicted octanol–water partition coefficient (Wildman–Crippen LogP) is 1.08. The van der Waals surface area contributed by atoms with E-state index in [1.807, 2.05) is 31.2 Å². The number of amides is 2. The van der Waals surface area contributed by atoms with E-state index in [4.69, 9.17) is 5.11 Å². The number of hydrogen-bond acceptors (Lipinski definition) is 3. The zero-order valence-corrected chi connectivity index (χ0v) is 12.7. The van der Waals surface area contributed by atoms with Gasteiger partial charge >= 0.3 is 5.97 Å². The Labute approximate surface area is 129 Å². The van der Waals surface area contributed by atoms with E-state index >= 15 is 0 Å². The van der Waals surface area contributed by atoms with Crippen molar-refractivity contribution in [3.63, 3.8) is 0 Å². The second-order valence-electron chi connectivity index (χ2n) is 5.63. The second-order valence-corrected chi connectivity index (χ2v) is 5.63. The van der Waals surface area contributed by atoms with Crippen molar-refractivity contribution in [3.8, 4) is 0 Å². The fraction of sp³-hybridized carbons (Fsp3) is 0.438. The van der Waals surface area contributed by atoms with Gasteiger partial charge in [0.2, 0.25) is 11.8 Å². The summed E-state index contributed by atoms with van der Waals surface area (Å²) in [7, 11) is 0. The molecule has 6 heteroatoms. The number of nitrogens with one attached hydrogen (secondary N) is 1. The Morgan fingerprint density at radius 1 is 1.36 bits per heavy atom. The second kappa shape index (κ2) is 6.60. The van der Waals surface area contributed by atoms with E-state index in [1.165, 1.54) is 11.8 Å². The molecule has 1 aliphatic rings. The monoisotopic (exact) mass is 304 g/mol. The molecule has 2 N–H and O–H groups in total. The smallest absolute Gasteiger partial charge is 0.325 e. The van der Waals surface area contributed by atoms with Crippen LogP contribution in [0.2, 0.25) is 0 Å². The minimum atomic E-state index is -1.09. The van der Waals surface area contributed by atoms with Gasteiger partial charge in [0.25, 0.3) is 0 Å². The molecule has 0 unspecified atom stereocenters. The third kappa shape index (κ3) is 3.63. The maximum Gasteiger partial charge on any atom is 0.325 e. The van der Waals surface area contributed by atoms with Crippen molar-refractivity contribution in [2.75, 3.05) is 0 Å². The van der Waals surface area contributed by atoms with Crippen LogP contribution in [0.4, 0.5) is 0 Å². The Morgan fingerprint density at radius 2 is 2.00 bits per heavy atom. The van der Waals surface area contributed by atoms with Gasteiger partial charge in [-0.3, -0.25) is 14.4 Å². The molecule has 0 bridgehead atoms. The van der Waals surface area contributed by atoms with Crippen LogP contribution >= 0.6 is 0 Å². The lowest BCUT2D eigenvalue weighted by atomic mass is 10.1. The van der Waals surface area contributed by atoms with Crippen molar-refractivity contribution in [1.82, 2.24) is 10.2 Å². The molecule has 1 aromatic carbocycles. The Hall–Kier alpha value is -2.37. The van der Waals surface area contributed by atoms with Crippen molar-refractivity contribution in [1.29, 1.82) is 0 Å². The number of carbonyl (C=O) groups is 3. The highest BCUT2D eigenvalue weighted by Gasteiger charge is 2.36. The molecule has 1 aromatic rings. The largest absolute Gasteiger partial charge is 0.480 e. The number of hydrogen-bond donors (Lipinski definition) is 2. The zero-order chi connectivity index (χ0) is 16.3. The summed E-state index contributed by atoms with van der Waals surface area (Å²) in [5, 5.41) is 11.3. The van der Waals surface area contributed by atoms with Crippen LogP contribution in [-0.2, 0) is 20.9 Å². The quantitative estimate of drug-likeness (QED) is 0.852. The SMILES string of the molecule is Cc1ccc(CN2C(=O)CC[C@H]2C(=O)N[C@@H](C)C(=O)O)cc1. The van der Waals surface area contributed by atoms with Crippen LogP contribution in [0.5, 0.6) is 0 Å². The van der Waals surface area contributed by atoms with Crippen molar-refractivity contribution in [2.45, 2.75) is 45.3 Å². The fourth-order valence-corrected chi connectivity index (χ4v) is 2.47. The Balaban J connectivity index is 2.07. The molecule has 0 radical (unpaired) electrons. The molecular weight excluding hydrogens is 284 g/mol. The summed E-state index contributed by atoms with van der Waals surface area (Å²) in [6, 6.07) is 6.19. The average Bonchev–Trinajstić information content (AvgIpc) is 2.82. The molecule has 2 atom stereocenters. The number of benzene rings is 1. The molecule has 118 valence electrons. The van der Waals surface area contributed by atoms with E-state index in [-0.39, 0.29) is 5.91 Å². The van der Waals surface area contributed by atoms with E-state index in [0.29, 0.717) is 19.4 Å². The maximum absolute atomic E-state index is 12.2. The summed E-state index contributed by atoms with van der Waals surface area (Å²) in [6.45, 7) is 3.74. The van der Waals surface area contributed by atoms with E-state index in [2.05, 4.69) is 5.32 Å². The lowest BCUT2D eigenvalue weighted by molar-refractivity contribution is -0.142. The Kier molecular flexibility index (Phi) is 4.80. The van der Waals surface area contributed by atoms with Crippen LogP contribution in [-0.4, -0.2) is 39.9 Å². The Bertz CT molecular complexity index is 582. The van der Waals surface area contributed by atoms with E-state index in [1.54, 1.807) is 0 Å². The molecule has 6 nitrogen and oxygen atoms in total. The van der Waals surface area contributed by atoms with Crippen molar-refractivity contribution in [2.24, 2.45) is 0 Å². The topological polar surface area (TPSA) is 86.7 Å². The van der Waals surface area contributed by atoms with Crippen LogP contribution in [0, 0.1) is 6.92 Å². The third-order valence-electron chi connectivity index (χ3n) is 3.83. The first-order valence-electron chi connectivity index (χ1n) is 7.26. The van der Waals surface area contributed by atoms with Crippen molar-refractivity contribution >= 4 is 17.8 Å². The lowest BCUT2D eigenvalue weighted by Crippen LogP contribution is -2.48. The van der Waals surface area contributed by atoms with Crippen molar-refractivity contribution < 1.29 is 19.5 Å². The van der Waals surface area contributed by atoms with Crippen LogP contribution in [0.25, 0.3) is 0 Å². The molecule has 0 aliphatic carbocycles. The van der Waals surface area contributed by atoms with Gasteiger partial charge in [0.1, 0.15) is 12.1 Å². The molecule has 1 heterocycles. The molecular formula is C16H20N2O4. The van der Waals surface area contributed by atoms with Gasteiger partial charge in [0.15, 0.2) is 0 Å². The van der Waals surface area contributed by atoms with Gasteiger partial charge in [-0.25, -0.2) is 0 Å². The van der Waals surface area contributed by atoms with Crippen molar-refractivity contribution in [3.05, 3.63) is 35.4 Å². The summed E-state index contributed by atoms with van der Waals surface area (Å²) in [5.41, 5.74) is 2.08. The summed E-state index contributed by atoms with van der Waals surface area (Å²) >= 11 is 0. The minimum absolute atomic E-state index is 0.0799. The summed E-state index contributed by atoms with van der Waals surface area (Å²) in [4.78, 5) is 36.5. The number of carboxylic acid groups (broad SMARTS) is 1. The van der Waals surface area contributed by atoms with Crippen LogP contribution in [0.15, 0.2) is 24.3 Å². The number of carboxylic acids is 1. The molecule has 0 spiro atoms. The number of carbonyl (C=O) groups excluding carboxylic acids is 2. The highest BCUT2D eigenvalue weighted by Crippen LogP contribution is 2.22. The van der Waals surface area contributed by atoms with Gasteiger partial charge in [-0.15, -0.1) is 0 Å². The number of aryl methyl sites for hydroxylation is 1. The standard InChI is InChI=1S/C16H20N2O4/c1-10-3-5-12(6-4-10)9-18-13(7-8-14(18)19)15(20)17-11(2)16(21)22/h3-6,11,13H,7-9H2,1-2H3,(H,17,20)(H,21,22)/t11-,13-/m0/s1. The van der Waals surface area contributed by atoms with Gasteiger partial charge < -0.3 is 15.3 Å². The molecule has 1 saturated heterocycles. The first-order chi connectivity index (χ1) is 10.4. The highest BCUT2D eigenvalue weighted by molar-refractivity contribution is 5.92. The minimum Gasteiger partial charge on any atom is -0.480 e. The maximum atomic E-state index is 12.2. The van der Waals surface area contributed by atoms with Gasteiger partial charge in [-0.1, -0.05) is 29.8 Å². The van der Waals surface area contributed by atoms with E-state index < -0.39 is 24.0 Å². The molecule has 0 aromatic heterocycles. The van der Waals surface area contributed by atoms with Gasteiger partial charge in [-0.2, -0.15) is 0 Å². The summed E-state index contributed by atoms with van der Waals surface area (Å²) < 4.78 is 0. The molecule has 2 amide bonds. The lowest BCUT2D eigenvalue weighted by Gasteiger charge is -2.25. The fourth-order valence-electron chi connectivity index (χ4n) is 2.47. The molecule has 0 saturated carbocycles.